The zero-order valence-electron chi connectivity index (χ0n) is 19.7. The van der Waals surface area contributed by atoms with Crippen LogP contribution in [-0.4, -0.2) is 8.07 Å². The van der Waals surface area contributed by atoms with Crippen molar-refractivity contribution < 1.29 is 57.7 Å². The van der Waals surface area contributed by atoms with Gasteiger partial charge in [-0.05, 0) is 0 Å². The summed E-state index contributed by atoms with van der Waals surface area (Å²) in [5, 5.41) is 4.77. The van der Waals surface area contributed by atoms with Gasteiger partial charge in [0.25, 0.3) is 0 Å². The van der Waals surface area contributed by atoms with Crippen LogP contribution in [0.4, 0.5) is 0 Å². The van der Waals surface area contributed by atoms with E-state index in [4.69, 9.17) is 0 Å². The molecule has 31 heavy (non-hydrogen) atoms. The van der Waals surface area contributed by atoms with Crippen LogP contribution in [-0.2, 0) is 20.4 Å². The Bertz CT molecular complexity index is 887. The van der Waals surface area contributed by atoms with Gasteiger partial charge in [0.05, 0.1) is 0 Å². The van der Waals surface area contributed by atoms with Crippen molar-refractivity contribution in [1.29, 1.82) is 0 Å². The fourth-order valence-corrected chi connectivity index (χ4v) is 10.2. The van der Waals surface area contributed by atoms with E-state index in [0.29, 0.717) is 5.92 Å². The van der Waals surface area contributed by atoms with Gasteiger partial charge in [-0.2, -0.15) is 0 Å². The van der Waals surface area contributed by atoms with Gasteiger partial charge in [-0.25, -0.2) is 0 Å². The molecule has 2 aromatic carbocycles. The molecule has 1 atom stereocenters. The van der Waals surface area contributed by atoms with Crippen LogP contribution in [0.25, 0.3) is 0 Å². The molecule has 0 amide bonds. The Balaban J connectivity index is 0.00000300. The Kier molecular flexibility index (Phi) is 12.1. The van der Waals surface area contributed by atoms with Crippen LogP contribution < -0.4 is 47.6 Å². The normalized spacial score (nSPS) is 14.3. The molecular weight excluding hydrogens is 495 g/mol. The summed E-state index contributed by atoms with van der Waals surface area (Å²) in [4.78, 5) is 0. The topological polar surface area (TPSA) is 0 Å². The molecule has 0 saturated heterocycles. The summed E-state index contributed by atoms with van der Waals surface area (Å²) in [6.45, 7) is 16.3. The quantitative estimate of drug-likeness (QED) is 0.361. The third kappa shape index (κ3) is 6.19. The maximum atomic E-state index is 2.59. The van der Waals surface area contributed by atoms with Crippen LogP contribution in [0.3, 0.4) is 0 Å². The maximum absolute atomic E-state index is 2.59. The first-order chi connectivity index (χ1) is 13.2. The van der Waals surface area contributed by atoms with Crippen molar-refractivity contribution in [2.24, 2.45) is 5.92 Å². The van der Waals surface area contributed by atoms with E-state index in [1.165, 1.54) is 28.7 Å². The second kappa shape index (κ2) is 12.3. The van der Waals surface area contributed by atoms with Crippen molar-refractivity contribution >= 4 is 18.4 Å². The first-order valence-electron chi connectivity index (χ1n) is 10.5. The molecule has 0 saturated carbocycles. The van der Waals surface area contributed by atoms with E-state index in [2.05, 4.69) is 111 Å². The van der Waals surface area contributed by atoms with Crippen LogP contribution in [0.15, 0.2) is 57.1 Å². The number of halogens is 3. The second-order valence-corrected chi connectivity index (χ2v) is 13.8. The van der Waals surface area contributed by atoms with Gasteiger partial charge >= 0.3 is 185 Å². The van der Waals surface area contributed by atoms with Crippen molar-refractivity contribution in [3.05, 3.63) is 79.4 Å². The molecule has 2 aromatic rings. The van der Waals surface area contributed by atoms with Crippen LogP contribution in [0.2, 0.25) is 6.55 Å². The first kappa shape index (κ1) is 30.7. The maximum Gasteiger partial charge on any atom is -1.00 e. The zero-order valence-corrected chi connectivity index (χ0v) is 24.5. The van der Waals surface area contributed by atoms with Gasteiger partial charge in [0.15, 0.2) is 0 Å². The number of hydrogen-bond donors (Lipinski definition) is 0. The largest absolute Gasteiger partial charge is 1.00 e. The van der Waals surface area contributed by atoms with Gasteiger partial charge in [0.2, 0.25) is 0 Å². The summed E-state index contributed by atoms with van der Waals surface area (Å²) in [5.74, 6) is 0.623. The number of allylic oxidation sites excluding steroid dienone is 4. The molecule has 1 aliphatic carbocycles. The van der Waals surface area contributed by atoms with E-state index in [-0.39, 0.29) is 37.2 Å². The summed E-state index contributed by atoms with van der Waals surface area (Å²) < 4.78 is 1.58. The monoisotopic (exact) mass is 526 g/mol. The first-order valence-corrected chi connectivity index (χ1v) is 13.8. The molecule has 166 valence electrons. The number of benzene rings is 2. The molecule has 0 aliphatic heterocycles. The SMILES string of the molecule is CCC(C)C1=[C]([Ti+3])CC=C1[Si](C)(c1cc(C)cc(C)c1)c1cc(C)cc(C)c1.[Cl-].[Cl-].[Cl-]. The molecule has 1 aliphatic rings. The number of rotatable bonds is 5. The number of hydrogen-bond acceptors (Lipinski definition) is 0. The fourth-order valence-electron chi connectivity index (χ4n) is 4.83. The molecule has 0 fully saturated rings. The summed E-state index contributed by atoms with van der Waals surface area (Å²) in [7, 11) is -2.07. The average molecular weight is 528 g/mol. The molecule has 5 heteroatoms. The minimum Gasteiger partial charge on any atom is -1.00 e. The minimum absolute atomic E-state index is 0. The summed E-state index contributed by atoms with van der Waals surface area (Å²) in [6.07, 6.45) is 4.89. The van der Waals surface area contributed by atoms with Gasteiger partial charge in [0.1, 0.15) is 0 Å². The third-order valence-electron chi connectivity index (χ3n) is 6.37. The van der Waals surface area contributed by atoms with Crippen molar-refractivity contribution in [2.45, 2.75) is 60.9 Å². The molecule has 0 spiro atoms. The van der Waals surface area contributed by atoms with Crippen LogP contribution >= 0.6 is 0 Å². The zero-order chi connectivity index (χ0) is 20.6. The molecule has 3 rings (SSSR count). The minimum atomic E-state index is -2.07. The molecule has 0 heterocycles. The predicted octanol–water partition coefficient (Wildman–Crippen LogP) is -3.16. The Morgan fingerprint density at radius 3 is 1.55 bits per heavy atom. The van der Waals surface area contributed by atoms with E-state index in [0.717, 1.165) is 6.42 Å². The van der Waals surface area contributed by atoms with Crippen molar-refractivity contribution in [3.8, 4) is 0 Å². The van der Waals surface area contributed by atoms with Crippen molar-refractivity contribution in [1.82, 2.24) is 0 Å². The molecule has 0 aromatic heterocycles. The van der Waals surface area contributed by atoms with Crippen LogP contribution in [0.1, 0.15) is 48.9 Å². The Morgan fingerprint density at radius 2 is 1.19 bits per heavy atom. The average Bonchev–Trinajstić information content (AvgIpc) is 3.00. The van der Waals surface area contributed by atoms with Crippen molar-refractivity contribution in [3.63, 3.8) is 0 Å². The third-order valence-corrected chi connectivity index (χ3v) is 11.5. The fraction of sp³-hybridized carbons (Fsp3) is 0.385. The van der Waals surface area contributed by atoms with E-state index in [9.17, 15) is 0 Å². The van der Waals surface area contributed by atoms with E-state index >= 15 is 0 Å². The van der Waals surface area contributed by atoms with Crippen molar-refractivity contribution in [2.75, 3.05) is 0 Å². The molecule has 0 N–H and O–H groups in total. The Labute approximate surface area is 221 Å². The molecular formula is C26H33Cl3SiTi. The van der Waals surface area contributed by atoms with Gasteiger partial charge in [0, 0.05) is 0 Å². The Morgan fingerprint density at radius 1 is 0.806 bits per heavy atom. The van der Waals surface area contributed by atoms with Gasteiger partial charge < -0.3 is 37.2 Å². The van der Waals surface area contributed by atoms with E-state index in [1.54, 1.807) is 25.0 Å². The molecule has 0 radical (unpaired) electrons. The van der Waals surface area contributed by atoms with Gasteiger partial charge in [-0.1, -0.05) is 0 Å². The van der Waals surface area contributed by atoms with Crippen LogP contribution in [0.5, 0.6) is 0 Å². The summed E-state index contributed by atoms with van der Waals surface area (Å²) in [5.41, 5.74) is 7.16. The molecule has 1 unspecified atom stereocenters. The molecule has 0 bridgehead atoms. The van der Waals surface area contributed by atoms with E-state index < -0.39 is 8.07 Å². The Hall–Kier alpha value is -0.279. The standard InChI is InChI=1S/C26H33Si.3ClH.Ti/c1-8-22(6)25-10-9-11-26(25)27(7,23-14-18(2)12-19(3)15-23)24-16-20(4)13-21(5)17-24;;;;/h11-17,22H,8-9H2,1-7H3;3*1H;/q;;;;+3/p-3. The molecule has 0 nitrogen and oxygen atoms in total. The second-order valence-electron chi connectivity index (χ2n) is 8.90. The van der Waals surface area contributed by atoms with E-state index in [1.807, 2.05) is 0 Å². The smallest absolute Gasteiger partial charge is 1.00 e. The van der Waals surface area contributed by atoms with Crippen LogP contribution in [0, 0.1) is 33.6 Å². The summed E-state index contributed by atoms with van der Waals surface area (Å²) in [6, 6.07) is 14.4. The van der Waals surface area contributed by atoms with Gasteiger partial charge in [-0.15, -0.1) is 0 Å². The summed E-state index contributed by atoms with van der Waals surface area (Å²) >= 11 is 2.35. The number of aryl methyl sites for hydroxylation is 4. The van der Waals surface area contributed by atoms with Gasteiger partial charge in [-0.3, -0.25) is 0 Å². The predicted molar refractivity (Wildman–Crippen MR) is 122 cm³/mol.